The Morgan fingerprint density at radius 1 is 0.515 bits per heavy atom. The Morgan fingerprint density at radius 3 is 1.38 bits per heavy atom. The predicted molar refractivity (Wildman–Crippen MR) is 280 cm³/mol. The standard InChI is InChI=1S/C60H75F2NO5/c1-3-5-7-9-11-13-15-17-19-21-23-25-27-29-31-33-35-37-39-42-58(64)63-48-41-49-67-60(66)55-50-52(54-46-45-53(61)51-56(54)62)44-47-57(55)68-59(65)43-40-38-36-34-32-30-28-26-24-22-20-18-16-14-12-10-8-6-4-2/h5-8,11-14,17-20,23-26,29-32,35-38,44-47,50-51H,3-4,9-10,15-16,21-22,27-28,33-34,39-43,48-49H2,1-2H3,(H,63,64). The largest absolute Gasteiger partial charge is 0.462 e. The minimum Gasteiger partial charge on any atom is -0.462 e. The maximum atomic E-state index is 14.7. The second kappa shape index (κ2) is 40.8. The predicted octanol–water partition coefficient (Wildman–Crippen LogP) is 16.2. The fourth-order valence-corrected chi connectivity index (χ4v) is 6.17. The van der Waals surface area contributed by atoms with Crippen LogP contribution in [0.15, 0.2) is 182 Å². The number of halogens is 2. The van der Waals surface area contributed by atoms with Crippen molar-refractivity contribution in [3.05, 3.63) is 199 Å². The number of hydrogen-bond acceptors (Lipinski definition) is 5. The summed E-state index contributed by atoms with van der Waals surface area (Å²) in [5.74, 6) is -3.00. The van der Waals surface area contributed by atoms with E-state index >= 15 is 0 Å². The fourth-order valence-electron chi connectivity index (χ4n) is 6.17. The van der Waals surface area contributed by atoms with E-state index in [0.717, 1.165) is 89.2 Å². The summed E-state index contributed by atoms with van der Waals surface area (Å²) < 4.78 is 39.4. The third-order valence-corrected chi connectivity index (χ3v) is 9.79. The Morgan fingerprint density at radius 2 is 0.941 bits per heavy atom. The van der Waals surface area contributed by atoms with Gasteiger partial charge in [0, 0.05) is 31.0 Å². The van der Waals surface area contributed by atoms with E-state index in [1.165, 1.54) is 24.3 Å². The molecule has 0 aromatic heterocycles. The molecule has 2 aromatic rings. The second-order valence-electron chi connectivity index (χ2n) is 15.6. The molecular formula is C60H75F2NO5. The van der Waals surface area contributed by atoms with Gasteiger partial charge < -0.3 is 14.8 Å². The summed E-state index contributed by atoms with van der Waals surface area (Å²) in [7, 11) is 0. The third kappa shape index (κ3) is 30.7. The van der Waals surface area contributed by atoms with Crippen molar-refractivity contribution in [1.29, 1.82) is 0 Å². The smallest absolute Gasteiger partial charge is 0.341 e. The van der Waals surface area contributed by atoms with Gasteiger partial charge in [0.05, 0.1) is 6.61 Å². The third-order valence-electron chi connectivity index (χ3n) is 9.79. The van der Waals surface area contributed by atoms with E-state index in [4.69, 9.17) is 9.47 Å². The molecule has 2 rings (SSSR count). The van der Waals surface area contributed by atoms with Crippen molar-refractivity contribution in [3.63, 3.8) is 0 Å². The van der Waals surface area contributed by atoms with Gasteiger partial charge in [-0.3, -0.25) is 9.59 Å². The molecule has 0 saturated heterocycles. The van der Waals surface area contributed by atoms with Crippen LogP contribution in [0.2, 0.25) is 0 Å². The molecule has 0 radical (unpaired) electrons. The molecule has 364 valence electrons. The number of nitrogens with one attached hydrogen (secondary N) is 1. The first-order chi connectivity index (χ1) is 33.3. The van der Waals surface area contributed by atoms with Gasteiger partial charge in [0.2, 0.25) is 5.91 Å². The quantitative estimate of drug-likeness (QED) is 0.0322. The molecule has 1 N–H and O–H groups in total. The first-order valence-electron chi connectivity index (χ1n) is 24.4. The average molecular weight is 928 g/mol. The highest BCUT2D eigenvalue weighted by molar-refractivity contribution is 5.95. The average Bonchev–Trinajstić information content (AvgIpc) is 3.33. The first-order valence-corrected chi connectivity index (χ1v) is 24.4. The molecule has 0 spiro atoms. The SMILES string of the molecule is CCC=CCC=CCC=CCC=CCC=CCC=CCCC(=O)NCCCOC(=O)c1cc(-c2ccc(F)cc2F)ccc1OC(=O)CCC=CCC=CCC=CCC=CCC=CCC=CCC. The van der Waals surface area contributed by atoms with Crippen LogP contribution in [0.25, 0.3) is 11.1 Å². The normalized spacial score (nSPS) is 12.7. The number of carbonyl (C=O) groups excluding carboxylic acids is 3. The lowest BCUT2D eigenvalue weighted by Gasteiger charge is -2.13. The van der Waals surface area contributed by atoms with Gasteiger partial charge in [-0.05, 0) is 126 Å². The van der Waals surface area contributed by atoms with E-state index in [9.17, 15) is 23.2 Å². The molecule has 0 aliphatic rings. The van der Waals surface area contributed by atoms with Crippen LogP contribution >= 0.6 is 0 Å². The van der Waals surface area contributed by atoms with Crippen molar-refractivity contribution in [2.24, 2.45) is 0 Å². The number of ether oxygens (including phenoxy) is 2. The van der Waals surface area contributed by atoms with Crippen molar-refractivity contribution in [2.45, 2.75) is 123 Å². The van der Waals surface area contributed by atoms with Crippen LogP contribution in [0.5, 0.6) is 5.75 Å². The fraction of sp³-hybridized carbons (Fsp3) is 0.350. The van der Waals surface area contributed by atoms with Gasteiger partial charge in [0.15, 0.2) is 0 Å². The molecule has 0 bridgehead atoms. The zero-order chi connectivity index (χ0) is 49.0. The van der Waals surface area contributed by atoms with Crippen LogP contribution < -0.4 is 10.1 Å². The van der Waals surface area contributed by atoms with Crippen LogP contribution in [0.3, 0.4) is 0 Å². The molecule has 0 aliphatic carbocycles. The summed E-state index contributed by atoms with van der Waals surface area (Å²) >= 11 is 0. The van der Waals surface area contributed by atoms with E-state index in [1.54, 1.807) is 0 Å². The van der Waals surface area contributed by atoms with Crippen molar-refractivity contribution in [1.82, 2.24) is 5.32 Å². The maximum Gasteiger partial charge on any atom is 0.341 e. The lowest BCUT2D eigenvalue weighted by Crippen LogP contribution is -2.25. The molecule has 0 unspecified atom stereocenters. The number of amides is 1. The lowest BCUT2D eigenvalue weighted by molar-refractivity contribution is -0.134. The number of esters is 2. The summed E-state index contributed by atoms with van der Waals surface area (Å²) in [6.07, 6.45) is 64.0. The summed E-state index contributed by atoms with van der Waals surface area (Å²) in [5, 5.41) is 2.84. The highest BCUT2D eigenvalue weighted by Gasteiger charge is 2.19. The van der Waals surface area contributed by atoms with E-state index in [1.807, 2.05) is 24.3 Å². The molecule has 0 fully saturated rings. The highest BCUT2D eigenvalue weighted by Crippen LogP contribution is 2.30. The molecule has 68 heavy (non-hydrogen) atoms. The lowest BCUT2D eigenvalue weighted by atomic mass is 10.0. The van der Waals surface area contributed by atoms with Gasteiger partial charge in [-0.2, -0.15) is 0 Å². The molecule has 6 nitrogen and oxygen atoms in total. The number of hydrogen-bond donors (Lipinski definition) is 1. The first kappa shape index (κ1) is 57.7. The Hall–Kier alpha value is -6.41. The van der Waals surface area contributed by atoms with Gasteiger partial charge in [0.25, 0.3) is 0 Å². The number of benzene rings is 2. The number of carbonyl (C=O) groups is 3. The van der Waals surface area contributed by atoms with Gasteiger partial charge >= 0.3 is 11.9 Å². The molecule has 0 heterocycles. The summed E-state index contributed by atoms with van der Waals surface area (Å²) in [5.41, 5.74) is 0.281. The van der Waals surface area contributed by atoms with E-state index in [-0.39, 0.29) is 41.4 Å². The number of rotatable bonds is 35. The molecule has 1 amide bonds. The molecule has 8 heteroatoms. The van der Waals surface area contributed by atoms with Crippen LogP contribution in [0.1, 0.15) is 133 Å². The van der Waals surface area contributed by atoms with E-state index < -0.39 is 23.6 Å². The summed E-state index contributed by atoms with van der Waals surface area (Å²) in [6.45, 7) is 4.55. The van der Waals surface area contributed by atoms with Crippen LogP contribution in [-0.4, -0.2) is 31.0 Å². The maximum absolute atomic E-state index is 14.7. The molecule has 0 atom stereocenters. The van der Waals surface area contributed by atoms with Crippen LogP contribution in [0.4, 0.5) is 8.78 Å². The topological polar surface area (TPSA) is 81.7 Å². The van der Waals surface area contributed by atoms with E-state index in [2.05, 4.69) is 141 Å². The molecular weight excluding hydrogens is 853 g/mol. The van der Waals surface area contributed by atoms with Crippen molar-refractivity contribution in [2.75, 3.05) is 13.2 Å². The summed E-state index contributed by atoms with van der Waals surface area (Å²) in [6, 6.07) is 7.42. The zero-order valence-electron chi connectivity index (χ0n) is 40.6. The zero-order valence-corrected chi connectivity index (χ0v) is 40.6. The monoisotopic (exact) mass is 928 g/mol. The molecule has 2 aromatic carbocycles. The Labute approximate surface area is 406 Å². The van der Waals surface area contributed by atoms with E-state index in [0.29, 0.717) is 32.2 Å². The molecule has 0 aliphatic heterocycles. The molecule has 0 saturated carbocycles. The van der Waals surface area contributed by atoms with Gasteiger partial charge in [-0.1, -0.05) is 166 Å². The second-order valence-corrected chi connectivity index (χ2v) is 15.6. The van der Waals surface area contributed by atoms with Crippen LogP contribution in [-0.2, 0) is 14.3 Å². The summed E-state index contributed by atoms with van der Waals surface area (Å²) in [4.78, 5) is 38.5. The Bertz CT molecular complexity index is 2110. The minimum absolute atomic E-state index is 0.0164. The Balaban J connectivity index is 1.72. The van der Waals surface area contributed by atoms with Gasteiger partial charge in [-0.15, -0.1) is 0 Å². The van der Waals surface area contributed by atoms with Crippen LogP contribution in [0, 0.1) is 11.6 Å². The van der Waals surface area contributed by atoms with Crippen molar-refractivity contribution >= 4 is 17.8 Å². The van der Waals surface area contributed by atoms with Gasteiger partial charge in [-0.25, -0.2) is 13.6 Å². The minimum atomic E-state index is -0.804. The van der Waals surface area contributed by atoms with Crippen molar-refractivity contribution in [3.8, 4) is 16.9 Å². The Kier molecular flexibility index (Phi) is 34.7. The van der Waals surface area contributed by atoms with Gasteiger partial charge in [0.1, 0.15) is 22.9 Å². The highest BCUT2D eigenvalue weighted by atomic mass is 19.1. The van der Waals surface area contributed by atoms with Crippen molar-refractivity contribution < 1.29 is 32.6 Å². The number of allylic oxidation sites excluding steroid dienone is 24.